The van der Waals surface area contributed by atoms with Crippen LogP contribution in [0.25, 0.3) is 0 Å². The van der Waals surface area contributed by atoms with Gasteiger partial charge in [0.25, 0.3) is 5.91 Å². The molecule has 0 aliphatic heterocycles. The molecule has 4 nitrogen and oxygen atoms in total. The van der Waals surface area contributed by atoms with E-state index in [0.717, 1.165) is 6.42 Å². The molecule has 1 rings (SSSR count). The number of aliphatic hydroxyl groups excluding tert-OH is 1. The quantitative estimate of drug-likeness (QED) is 0.816. The van der Waals surface area contributed by atoms with Gasteiger partial charge in [-0.05, 0) is 24.8 Å². The van der Waals surface area contributed by atoms with Crippen LogP contribution in [-0.2, 0) is 4.74 Å². The van der Waals surface area contributed by atoms with Crippen LogP contribution in [0.3, 0.4) is 0 Å². The Kier molecular flexibility index (Phi) is 7.31. The first-order valence-corrected chi connectivity index (χ1v) is 7.50. The fraction of sp³-hybridized carbons (Fsp3) is 0.533. The van der Waals surface area contributed by atoms with Crippen LogP contribution in [-0.4, -0.2) is 48.8 Å². The molecule has 0 saturated heterocycles. The van der Waals surface area contributed by atoms with E-state index in [0.29, 0.717) is 23.6 Å². The normalized spacial score (nSPS) is 11.6. The summed E-state index contributed by atoms with van der Waals surface area (Å²) in [5, 5.41) is 10.6. The molecule has 110 valence electrons. The van der Waals surface area contributed by atoms with Gasteiger partial charge in [0, 0.05) is 25.3 Å². The molecule has 0 aliphatic rings. The molecule has 1 N–H and O–H groups in total. The predicted octanol–water partition coefficient (Wildman–Crippen LogP) is 1.98. The number of hydrogen-bond acceptors (Lipinski definition) is 4. The van der Waals surface area contributed by atoms with Crippen molar-refractivity contribution in [1.29, 1.82) is 0 Å². The molecule has 1 aromatic heterocycles. The minimum absolute atomic E-state index is 0.0198. The van der Waals surface area contributed by atoms with Gasteiger partial charge in [-0.1, -0.05) is 18.8 Å². The molecule has 0 bridgehead atoms. The van der Waals surface area contributed by atoms with E-state index in [1.165, 1.54) is 11.3 Å². The lowest BCUT2D eigenvalue weighted by molar-refractivity contribution is 0.0618. The Morgan fingerprint density at radius 2 is 2.35 bits per heavy atom. The van der Waals surface area contributed by atoms with Crippen LogP contribution in [0.4, 0.5) is 0 Å². The van der Waals surface area contributed by atoms with Gasteiger partial charge in [-0.25, -0.2) is 0 Å². The van der Waals surface area contributed by atoms with Gasteiger partial charge < -0.3 is 14.7 Å². The van der Waals surface area contributed by atoms with E-state index in [1.807, 2.05) is 23.3 Å². The van der Waals surface area contributed by atoms with Crippen molar-refractivity contribution in [3.63, 3.8) is 0 Å². The summed E-state index contributed by atoms with van der Waals surface area (Å²) in [6, 6.07) is 1.96. The van der Waals surface area contributed by atoms with Crippen LogP contribution in [0.2, 0.25) is 0 Å². The van der Waals surface area contributed by atoms with Crippen molar-refractivity contribution in [2.45, 2.75) is 26.3 Å². The highest BCUT2D eigenvalue weighted by molar-refractivity contribution is 7.12. The van der Waals surface area contributed by atoms with Crippen molar-refractivity contribution >= 4 is 17.2 Å². The highest BCUT2D eigenvalue weighted by atomic mass is 32.1. The molecule has 0 aromatic carbocycles. The maximum Gasteiger partial charge on any atom is 0.265 e. The molecule has 5 heteroatoms. The van der Waals surface area contributed by atoms with Gasteiger partial charge in [-0.2, -0.15) is 0 Å². The van der Waals surface area contributed by atoms with Crippen LogP contribution in [0.1, 0.15) is 35.5 Å². The predicted molar refractivity (Wildman–Crippen MR) is 80.9 cm³/mol. The third kappa shape index (κ3) is 4.34. The number of amides is 1. The summed E-state index contributed by atoms with van der Waals surface area (Å²) < 4.78 is 5.08. The molecule has 0 fully saturated rings. The summed E-state index contributed by atoms with van der Waals surface area (Å²) in [6.07, 6.45) is 0.887. The lowest BCUT2D eigenvalue weighted by Crippen LogP contribution is -2.40. The standard InChI is InChI=1S/C15H21NO3S/c1-4-12(2)16(8-10-19-3)15(18)14-13(6-5-9-17)7-11-20-14/h7,11-12,17H,4,8-10H2,1-3H3. The largest absolute Gasteiger partial charge is 0.384 e. The third-order valence-corrected chi connectivity index (χ3v) is 3.98. The Morgan fingerprint density at radius 1 is 1.60 bits per heavy atom. The average molecular weight is 295 g/mol. The van der Waals surface area contributed by atoms with Crippen molar-refractivity contribution in [2.24, 2.45) is 0 Å². The van der Waals surface area contributed by atoms with Crippen LogP contribution in [0, 0.1) is 11.8 Å². The van der Waals surface area contributed by atoms with Gasteiger partial charge in [-0.15, -0.1) is 11.3 Å². The fourth-order valence-corrected chi connectivity index (χ4v) is 2.57. The second kappa shape index (κ2) is 8.75. The smallest absolute Gasteiger partial charge is 0.265 e. The molecule has 0 saturated carbocycles. The van der Waals surface area contributed by atoms with E-state index < -0.39 is 0 Å². The molecule has 1 atom stereocenters. The first-order valence-electron chi connectivity index (χ1n) is 6.62. The van der Waals surface area contributed by atoms with Gasteiger partial charge in [-0.3, -0.25) is 4.79 Å². The first kappa shape index (κ1) is 16.7. The lowest BCUT2D eigenvalue weighted by atomic mass is 10.2. The number of ether oxygens (including phenoxy) is 1. The van der Waals surface area contributed by atoms with Crippen LogP contribution >= 0.6 is 11.3 Å². The molecule has 20 heavy (non-hydrogen) atoms. The summed E-state index contributed by atoms with van der Waals surface area (Å²) in [5.74, 6) is 5.39. The monoisotopic (exact) mass is 295 g/mol. The van der Waals surface area contributed by atoms with E-state index in [-0.39, 0.29) is 18.6 Å². The Balaban J connectivity index is 2.96. The van der Waals surface area contributed by atoms with Crippen molar-refractivity contribution < 1.29 is 14.6 Å². The number of nitrogens with zero attached hydrogens (tertiary/aromatic N) is 1. The topological polar surface area (TPSA) is 49.8 Å². The zero-order valence-corrected chi connectivity index (χ0v) is 13.0. The first-order chi connectivity index (χ1) is 9.65. The van der Waals surface area contributed by atoms with E-state index in [1.54, 1.807) is 7.11 Å². The van der Waals surface area contributed by atoms with Crippen molar-refractivity contribution in [3.05, 3.63) is 21.9 Å². The van der Waals surface area contributed by atoms with Crippen LogP contribution < -0.4 is 0 Å². The zero-order chi connectivity index (χ0) is 15.0. The Hall–Kier alpha value is -1.35. The van der Waals surface area contributed by atoms with Crippen molar-refractivity contribution in [3.8, 4) is 11.8 Å². The summed E-state index contributed by atoms with van der Waals surface area (Å²) in [5.41, 5.74) is 0.680. The zero-order valence-electron chi connectivity index (χ0n) is 12.2. The van der Waals surface area contributed by atoms with E-state index >= 15 is 0 Å². The molecule has 0 radical (unpaired) electrons. The minimum atomic E-state index is -0.206. The molecule has 0 aliphatic carbocycles. The summed E-state index contributed by atoms with van der Waals surface area (Å²) in [6.45, 7) is 4.95. The molecule has 1 unspecified atom stereocenters. The second-order valence-electron chi connectivity index (χ2n) is 4.37. The molecular weight excluding hydrogens is 274 g/mol. The Labute approximate surface area is 124 Å². The Bertz CT molecular complexity index is 487. The number of hydrogen-bond donors (Lipinski definition) is 1. The maximum absolute atomic E-state index is 12.6. The number of methoxy groups -OCH3 is 1. The molecule has 0 spiro atoms. The summed E-state index contributed by atoms with van der Waals surface area (Å²) in [7, 11) is 1.63. The number of carbonyl (C=O) groups excluding carboxylic acids is 1. The van der Waals surface area contributed by atoms with E-state index in [2.05, 4.69) is 18.8 Å². The maximum atomic E-state index is 12.6. The highest BCUT2D eigenvalue weighted by Gasteiger charge is 2.23. The SMILES string of the molecule is CCC(C)N(CCOC)C(=O)c1sccc1C#CCO. The number of carbonyl (C=O) groups is 1. The summed E-state index contributed by atoms with van der Waals surface area (Å²) in [4.78, 5) is 15.1. The second-order valence-corrected chi connectivity index (χ2v) is 5.29. The van der Waals surface area contributed by atoms with E-state index in [9.17, 15) is 4.79 Å². The number of thiophene rings is 1. The molecule has 1 aromatic rings. The highest BCUT2D eigenvalue weighted by Crippen LogP contribution is 2.20. The van der Waals surface area contributed by atoms with Gasteiger partial charge >= 0.3 is 0 Å². The molecular formula is C15H21NO3S. The van der Waals surface area contributed by atoms with Crippen molar-refractivity contribution in [2.75, 3.05) is 26.9 Å². The van der Waals surface area contributed by atoms with Gasteiger partial charge in [0.15, 0.2) is 0 Å². The number of rotatable bonds is 6. The van der Waals surface area contributed by atoms with Gasteiger partial charge in [0.05, 0.1) is 6.61 Å². The van der Waals surface area contributed by atoms with Gasteiger partial charge in [0.2, 0.25) is 0 Å². The third-order valence-electron chi connectivity index (χ3n) is 3.08. The summed E-state index contributed by atoms with van der Waals surface area (Å²) >= 11 is 1.38. The van der Waals surface area contributed by atoms with Gasteiger partial charge in [0.1, 0.15) is 11.5 Å². The molecule has 1 heterocycles. The van der Waals surface area contributed by atoms with E-state index in [4.69, 9.17) is 9.84 Å². The Morgan fingerprint density at radius 3 is 2.95 bits per heavy atom. The number of aliphatic hydroxyl groups is 1. The average Bonchev–Trinajstić information content (AvgIpc) is 2.93. The fourth-order valence-electron chi connectivity index (χ4n) is 1.77. The van der Waals surface area contributed by atoms with Crippen LogP contribution in [0.5, 0.6) is 0 Å². The molecule has 1 amide bonds. The van der Waals surface area contributed by atoms with Crippen LogP contribution in [0.15, 0.2) is 11.4 Å². The minimum Gasteiger partial charge on any atom is -0.384 e. The lowest BCUT2D eigenvalue weighted by Gasteiger charge is -2.28. The van der Waals surface area contributed by atoms with Crippen molar-refractivity contribution in [1.82, 2.24) is 4.90 Å².